The summed E-state index contributed by atoms with van der Waals surface area (Å²) in [5.41, 5.74) is 2.98. The molecule has 2 heterocycles. The van der Waals surface area contributed by atoms with Gasteiger partial charge in [-0.2, -0.15) is 0 Å². The molecule has 0 spiro atoms. The van der Waals surface area contributed by atoms with E-state index in [1.54, 1.807) is 24.4 Å². The second-order valence-electron chi connectivity index (χ2n) is 7.41. The zero-order valence-electron chi connectivity index (χ0n) is 19.0. The number of nitrogens with zero attached hydrogens (tertiary/aromatic N) is 2. The monoisotopic (exact) mass is 466 g/mol. The molecule has 0 aliphatic rings. The number of aliphatic hydroxyl groups excluding tert-OH is 1. The first-order chi connectivity index (χ1) is 16.4. The number of carbonyl (C=O) groups is 2. The number of aromatic nitrogens is 2. The Hall–Kier alpha value is -4.05. The number of carbonyl (C=O) groups excluding carboxylic acids is 2. The van der Waals surface area contributed by atoms with Crippen molar-refractivity contribution in [3.63, 3.8) is 0 Å². The number of hydrogen-bond acceptors (Lipinski definition) is 6. The molecule has 9 nitrogen and oxygen atoms in total. The number of nitrogens with one attached hydrogen (secondary N) is 4. The molecular formula is C24H27FN6O3. The zero-order valence-corrected chi connectivity index (χ0v) is 19.0. The molecule has 10 heteroatoms. The minimum absolute atomic E-state index is 0.0233. The highest BCUT2D eigenvalue weighted by molar-refractivity contribution is 5.99. The molecule has 0 saturated carbocycles. The summed E-state index contributed by atoms with van der Waals surface area (Å²) in [5.74, 6) is -0.647. The van der Waals surface area contributed by atoms with Gasteiger partial charge in [0.1, 0.15) is 11.6 Å². The topological polar surface area (TPSA) is 128 Å². The van der Waals surface area contributed by atoms with Crippen molar-refractivity contribution in [1.82, 2.24) is 20.6 Å². The fourth-order valence-corrected chi connectivity index (χ4v) is 3.10. The Kier molecular flexibility index (Phi) is 8.47. The van der Waals surface area contributed by atoms with Crippen LogP contribution in [-0.4, -0.2) is 46.7 Å². The maximum Gasteiger partial charge on any atom is 0.319 e. The molecule has 0 unspecified atom stereocenters. The Morgan fingerprint density at radius 1 is 1.09 bits per heavy atom. The average molecular weight is 467 g/mol. The number of benzene rings is 1. The summed E-state index contributed by atoms with van der Waals surface area (Å²) in [5, 5.41) is 19.7. The van der Waals surface area contributed by atoms with Gasteiger partial charge in [0.2, 0.25) is 0 Å². The number of hydrogen-bond donors (Lipinski definition) is 5. The quantitative estimate of drug-likeness (QED) is 0.330. The van der Waals surface area contributed by atoms with E-state index in [2.05, 4.69) is 31.2 Å². The van der Waals surface area contributed by atoms with Crippen LogP contribution >= 0.6 is 0 Å². The lowest BCUT2D eigenvalue weighted by Gasteiger charge is -2.13. The van der Waals surface area contributed by atoms with Gasteiger partial charge in [0.05, 0.1) is 23.6 Å². The van der Waals surface area contributed by atoms with Crippen molar-refractivity contribution in [1.29, 1.82) is 0 Å². The molecule has 34 heavy (non-hydrogen) atoms. The van der Waals surface area contributed by atoms with Crippen LogP contribution in [0.3, 0.4) is 0 Å². The van der Waals surface area contributed by atoms with Crippen molar-refractivity contribution in [2.45, 2.75) is 20.4 Å². The van der Waals surface area contributed by atoms with Gasteiger partial charge in [0, 0.05) is 37.1 Å². The Bertz CT molecular complexity index is 1150. The Morgan fingerprint density at radius 2 is 1.91 bits per heavy atom. The zero-order chi connectivity index (χ0) is 24.5. The summed E-state index contributed by atoms with van der Waals surface area (Å²) < 4.78 is 14.7. The van der Waals surface area contributed by atoms with Crippen LogP contribution in [0.25, 0.3) is 11.3 Å². The molecule has 3 rings (SSSR count). The summed E-state index contributed by atoms with van der Waals surface area (Å²) >= 11 is 0. The molecule has 3 amide bonds. The van der Waals surface area contributed by atoms with Gasteiger partial charge in [0.15, 0.2) is 0 Å². The lowest BCUT2D eigenvalue weighted by Crippen LogP contribution is -2.28. The largest absolute Gasteiger partial charge is 0.395 e. The van der Waals surface area contributed by atoms with E-state index < -0.39 is 11.8 Å². The van der Waals surface area contributed by atoms with E-state index in [1.165, 1.54) is 12.1 Å². The molecule has 0 radical (unpaired) electrons. The number of rotatable bonds is 9. The van der Waals surface area contributed by atoms with Crippen molar-refractivity contribution in [3.8, 4) is 11.3 Å². The van der Waals surface area contributed by atoms with E-state index >= 15 is 0 Å². The van der Waals surface area contributed by atoms with Crippen molar-refractivity contribution < 1.29 is 19.1 Å². The SMILES string of the molecule is CCNc1nc(-c2ccc(NC(=O)NCc3ccc(C)nc3)c(F)c2)ccc1C(=O)NCCO. The smallest absolute Gasteiger partial charge is 0.319 e. The molecule has 0 aliphatic carbocycles. The molecule has 1 aromatic carbocycles. The van der Waals surface area contributed by atoms with Crippen LogP contribution in [0.1, 0.15) is 28.5 Å². The highest BCUT2D eigenvalue weighted by Gasteiger charge is 2.15. The maximum atomic E-state index is 14.7. The van der Waals surface area contributed by atoms with Crippen LogP contribution in [0.5, 0.6) is 0 Å². The van der Waals surface area contributed by atoms with Gasteiger partial charge in [-0.15, -0.1) is 0 Å². The Balaban J connectivity index is 1.70. The summed E-state index contributed by atoms with van der Waals surface area (Å²) in [6.07, 6.45) is 1.67. The summed E-state index contributed by atoms with van der Waals surface area (Å²) in [6, 6.07) is 10.7. The van der Waals surface area contributed by atoms with Gasteiger partial charge in [-0.3, -0.25) is 9.78 Å². The Labute approximate surface area is 196 Å². The highest BCUT2D eigenvalue weighted by atomic mass is 19.1. The number of urea groups is 1. The predicted molar refractivity (Wildman–Crippen MR) is 128 cm³/mol. The lowest BCUT2D eigenvalue weighted by molar-refractivity contribution is 0.0945. The highest BCUT2D eigenvalue weighted by Crippen LogP contribution is 2.25. The van der Waals surface area contributed by atoms with Crippen LogP contribution in [0.4, 0.5) is 20.7 Å². The molecular weight excluding hydrogens is 439 g/mol. The van der Waals surface area contributed by atoms with Crippen LogP contribution in [0, 0.1) is 12.7 Å². The van der Waals surface area contributed by atoms with Crippen molar-refractivity contribution in [2.75, 3.05) is 30.3 Å². The Morgan fingerprint density at radius 3 is 2.59 bits per heavy atom. The van der Waals surface area contributed by atoms with Crippen LogP contribution in [0.2, 0.25) is 0 Å². The fourth-order valence-electron chi connectivity index (χ4n) is 3.10. The number of aryl methyl sites for hydroxylation is 1. The average Bonchev–Trinajstić information content (AvgIpc) is 2.83. The molecule has 0 bridgehead atoms. The van der Waals surface area contributed by atoms with E-state index in [0.29, 0.717) is 29.2 Å². The second kappa shape index (κ2) is 11.7. The van der Waals surface area contributed by atoms with Gasteiger partial charge < -0.3 is 26.4 Å². The number of pyridine rings is 2. The lowest BCUT2D eigenvalue weighted by atomic mass is 10.1. The minimum atomic E-state index is -0.624. The maximum absolute atomic E-state index is 14.7. The molecule has 5 N–H and O–H groups in total. The normalized spacial score (nSPS) is 10.5. The summed E-state index contributed by atoms with van der Waals surface area (Å²) in [4.78, 5) is 33.1. The van der Waals surface area contributed by atoms with E-state index in [4.69, 9.17) is 5.11 Å². The van der Waals surface area contributed by atoms with Gasteiger partial charge in [0.25, 0.3) is 5.91 Å². The summed E-state index contributed by atoms with van der Waals surface area (Å²) in [7, 11) is 0. The second-order valence-corrected chi connectivity index (χ2v) is 7.41. The first kappa shape index (κ1) is 24.6. The van der Waals surface area contributed by atoms with Gasteiger partial charge >= 0.3 is 6.03 Å². The van der Waals surface area contributed by atoms with E-state index in [9.17, 15) is 14.0 Å². The van der Waals surface area contributed by atoms with Gasteiger partial charge in [-0.25, -0.2) is 14.2 Å². The van der Waals surface area contributed by atoms with Crippen LogP contribution in [0.15, 0.2) is 48.7 Å². The predicted octanol–water partition coefficient (Wildman–Crippen LogP) is 3.07. The molecule has 2 aromatic heterocycles. The third-order valence-electron chi connectivity index (χ3n) is 4.82. The molecule has 0 atom stereocenters. The third kappa shape index (κ3) is 6.48. The summed E-state index contributed by atoms with van der Waals surface area (Å²) in [6.45, 7) is 4.48. The van der Waals surface area contributed by atoms with Crippen molar-refractivity contribution in [2.24, 2.45) is 0 Å². The third-order valence-corrected chi connectivity index (χ3v) is 4.82. The van der Waals surface area contributed by atoms with E-state index in [0.717, 1.165) is 11.3 Å². The van der Waals surface area contributed by atoms with E-state index in [-0.39, 0.29) is 31.3 Å². The number of anilines is 2. The first-order valence-electron chi connectivity index (χ1n) is 10.8. The van der Waals surface area contributed by atoms with E-state index in [1.807, 2.05) is 26.0 Å². The number of amides is 3. The molecule has 178 valence electrons. The fraction of sp³-hybridized carbons (Fsp3) is 0.250. The molecule has 0 aliphatic heterocycles. The number of halogens is 1. The molecule has 0 fully saturated rings. The molecule has 3 aromatic rings. The standard InChI is InChI=1S/C24H27FN6O3/c1-3-26-22-18(23(33)27-10-11-32)7-9-20(30-22)17-6-8-21(19(25)12-17)31-24(34)29-14-16-5-4-15(2)28-13-16/h4-9,12-13,32H,3,10-11,14H2,1-2H3,(H,26,30)(H,27,33)(H2,29,31,34). The number of aliphatic hydroxyl groups is 1. The molecule has 0 saturated heterocycles. The van der Waals surface area contributed by atoms with Crippen LogP contribution < -0.4 is 21.3 Å². The minimum Gasteiger partial charge on any atom is -0.395 e. The van der Waals surface area contributed by atoms with Crippen molar-refractivity contribution >= 4 is 23.4 Å². The van der Waals surface area contributed by atoms with Gasteiger partial charge in [-0.05, 0) is 49.7 Å². The van der Waals surface area contributed by atoms with Gasteiger partial charge in [-0.1, -0.05) is 12.1 Å². The first-order valence-corrected chi connectivity index (χ1v) is 10.8. The van der Waals surface area contributed by atoms with Crippen LogP contribution in [-0.2, 0) is 6.54 Å². The van der Waals surface area contributed by atoms with Crippen molar-refractivity contribution in [3.05, 3.63) is 71.3 Å².